The first-order valence-electron chi connectivity index (χ1n) is 4.39. The summed E-state index contributed by atoms with van der Waals surface area (Å²) in [6.07, 6.45) is 1.42. The van der Waals surface area contributed by atoms with Gasteiger partial charge in [0, 0.05) is 0 Å². The standard InChI is InChI=1S/C7H22N6/c1-3-4-5(8)13-7(11,12)6(2,9)10/h5,13H,3-4,8-12H2,1-2H3. The van der Waals surface area contributed by atoms with Crippen molar-refractivity contribution in [2.24, 2.45) is 28.7 Å². The van der Waals surface area contributed by atoms with Crippen molar-refractivity contribution in [2.45, 2.75) is 44.3 Å². The molecule has 11 N–H and O–H groups in total. The largest absolute Gasteiger partial charge is 0.316 e. The molecule has 0 aliphatic heterocycles. The van der Waals surface area contributed by atoms with Crippen LogP contribution in [0.2, 0.25) is 0 Å². The molecule has 6 nitrogen and oxygen atoms in total. The zero-order valence-corrected chi connectivity index (χ0v) is 8.38. The second-order valence-corrected chi connectivity index (χ2v) is 3.69. The molecule has 0 aliphatic carbocycles. The van der Waals surface area contributed by atoms with E-state index < -0.39 is 11.4 Å². The average Bonchev–Trinajstić information content (AvgIpc) is 1.83. The molecular formula is C7H22N6. The van der Waals surface area contributed by atoms with Crippen molar-refractivity contribution < 1.29 is 0 Å². The smallest absolute Gasteiger partial charge is 0.151 e. The zero-order chi connectivity index (χ0) is 10.7. The van der Waals surface area contributed by atoms with E-state index in [1.54, 1.807) is 6.92 Å². The van der Waals surface area contributed by atoms with Crippen LogP contribution in [0.4, 0.5) is 0 Å². The normalized spacial score (nSPS) is 15.9. The Bertz CT molecular complexity index is 150. The highest BCUT2D eigenvalue weighted by Crippen LogP contribution is 2.02. The molecule has 0 heterocycles. The summed E-state index contributed by atoms with van der Waals surface area (Å²) < 4.78 is 0. The predicted molar refractivity (Wildman–Crippen MR) is 53.9 cm³/mol. The van der Waals surface area contributed by atoms with Crippen LogP contribution in [0.3, 0.4) is 0 Å². The fourth-order valence-electron chi connectivity index (χ4n) is 0.845. The molecule has 0 radical (unpaired) electrons. The van der Waals surface area contributed by atoms with E-state index in [9.17, 15) is 0 Å². The maximum atomic E-state index is 5.68. The van der Waals surface area contributed by atoms with E-state index in [2.05, 4.69) is 5.32 Å². The highest BCUT2D eigenvalue weighted by Gasteiger charge is 2.36. The number of nitrogens with one attached hydrogen (secondary N) is 1. The first-order valence-corrected chi connectivity index (χ1v) is 4.39. The monoisotopic (exact) mass is 190 g/mol. The van der Waals surface area contributed by atoms with E-state index in [0.29, 0.717) is 0 Å². The molecule has 0 aromatic heterocycles. The summed E-state index contributed by atoms with van der Waals surface area (Å²) in [5.41, 5.74) is 26.9. The Morgan fingerprint density at radius 2 is 1.69 bits per heavy atom. The zero-order valence-electron chi connectivity index (χ0n) is 8.38. The van der Waals surface area contributed by atoms with Crippen LogP contribution >= 0.6 is 0 Å². The van der Waals surface area contributed by atoms with Crippen LogP contribution in [-0.4, -0.2) is 17.6 Å². The van der Waals surface area contributed by atoms with Crippen molar-refractivity contribution >= 4 is 0 Å². The van der Waals surface area contributed by atoms with Gasteiger partial charge in [-0.25, -0.2) is 0 Å². The summed E-state index contributed by atoms with van der Waals surface area (Å²) in [7, 11) is 0. The van der Waals surface area contributed by atoms with Crippen LogP contribution in [0.15, 0.2) is 0 Å². The summed E-state index contributed by atoms with van der Waals surface area (Å²) >= 11 is 0. The fraction of sp³-hybridized carbons (Fsp3) is 1.00. The van der Waals surface area contributed by atoms with E-state index in [1.807, 2.05) is 6.92 Å². The van der Waals surface area contributed by atoms with Crippen LogP contribution in [0.25, 0.3) is 0 Å². The summed E-state index contributed by atoms with van der Waals surface area (Å²) in [6.45, 7) is 3.55. The van der Waals surface area contributed by atoms with Crippen LogP contribution in [-0.2, 0) is 0 Å². The molecule has 13 heavy (non-hydrogen) atoms. The van der Waals surface area contributed by atoms with E-state index in [4.69, 9.17) is 28.7 Å². The summed E-state index contributed by atoms with van der Waals surface area (Å²) in [5.74, 6) is -1.36. The van der Waals surface area contributed by atoms with Gasteiger partial charge < -0.3 is 17.2 Å². The molecule has 80 valence electrons. The minimum atomic E-state index is -1.36. The molecule has 0 amide bonds. The van der Waals surface area contributed by atoms with E-state index in [0.717, 1.165) is 12.8 Å². The van der Waals surface area contributed by atoms with Crippen molar-refractivity contribution in [3.63, 3.8) is 0 Å². The van der Waals surface area contributed by atoms with Crippen LogP contribution in [0.1, 0.15) is 26.7 Å². The number of nitrogens with two attached hydrogens (primary N) is 5. The van der Waals surface area contributed by atoms with Crippen molar-refractivity contribution in [3.05, 3.63) is 0 Å². The van der Waals surface area contributed by atoms with Crippen molar-refractivity contribution in [3.8, 4) is 0 Å². The number of hydrogen-bond donors (Lipinski definition) is 6. The van der Waals surface area contributed by atoms with Gasteiger partial charge in [0.05, 0.1) is 6.17 Å². The minimum Gasteiger partial charge on any atom is -0.316 e. The molecule has 1 unspecified atom stereocenters. The van der Waals surface area contributed by atoms with Crippen LogP contribution in [0, 0.1) is 0 Å². The Morgan fingerprint density at radius 3 is 2.00 bits per heavy atom. The van der Waals surface area contributed by atoms with Gasteiger partial charge >= 0.3 is 0 Å². The maximum Gasteiger partial charge on any atom is 0.151 e. The highest BCUT2D eigenvalue weighted by atomic mass is 15.3. The van der Waals surface area contributed by atoms with E-state index >= 15 is 0 Å². The molecule has 1 atom stereocenters. The SMILES string of the molecule is CCCC(N)NC(N)(N)C(C)(N)N. The van der Waals surface area contributed by atoms with Gasteiger partial charge in [0.1, 0.15) is 5.66 Å². The quantitative estimate of drug-likeness (QED) is 0.273. The molecule has 0 spiro atoms. The lowest BCUT2D eigenvalue weighted by atomic mass is 10.1. The Kier molecular flexibility index (Phi) is 4.24. The second-order valence-electron chi connectivity index (χ2n) is 3.69. The van der Waals surface area contributed by atoms with E-state index in [-0.39, 0.29) is 6.17 Å². The van der Waals surface area contributed by atoms with Crippen molar-refractivity contribution in [2.75, 3.05) is 0 Å². The Morgan fingerprint density at radius 1 is 1.23 bits per heavy atom. The Balaban J connectivity index is 4.17. The predicted octanol–water partition coefficient (Wildman–Crippen LogP) is -2.13. The molecule has 0 aliphatic rings. The van der Waals surface area contributed by atoms with Gasteiger partial charge in [-0.3, -0.25) is 16.8 Å². The maximum absolute atomic E-state index is 5.68. The molecule has 0 fully saturated rings. The Hall–Kier alpha value is -0.240. The third kappa shape index (κ3) is 3.99. The Labute approximate surface area is 79.2 Å². The minimum absolute atomic E-state index is 0.286. The first kappa shape index (κ1) is 12.8. The second kappa shape index (κ2) is 4.32. The third-order valence-electron chi connectivity index (χ3n) is 1.92. The molecule has 0 bridgehead atoms. The summed E-state index contributed by atoms with van der Waals surface area (Å²) in [4.78, 5) is 0. The summed E-state index contributed by atoms with van der Waals surface area (Å²) in [5, 5.41) is 2.78. The van der Waals surface area contributed by atoms with Crippen molar-refractivity contribution in [1.29, 1.82) is 0 Å². The molecule has 0 aromatic carbocycles. The van der Waals surface area contributed by atoms with Gasteiger partial charge in [-0.2, -0.15) is 0 Å². The molecule has 0 saturated heterocycles. The van der Waals surface area contributed by atoms with Gasteiger partial charge in [-0.15, -0.1) is 0 Å². The van der Waals surface area contributed by atoms with Gasteiger partial charge in [-0.05, 0) is 13.3 Å². The third-order valence-corrected chi connectivity index (χ3v) is 1.92. The topological polar surface area (TPSA) is 142 Å². The van der Waals surface area contributed by atoms with E-state index in [1.165, 1.54) is 0 Å². The van der Waals surface area contributed by atoms with Gasteiger partial charge in [0.25, 0.3) is 0 Å². The van der Waals surface area contributed by atoms with Crippen molar-refractivity contribution in [1.82, 2.24) is 5.32 Å². The van der Waals surface area contributed by atoms with Crippen LogP contribution < -0.4 is 34.0 Å². The highest BCUT2D eigenvalue weighted by molar-refractivity contribution is 4.94. The molecular weight excluding hydrogens is 168 g/mol. The van der Waals surface area contributed by atoms with Crippen LogP contribution in [0.5, 0.6) is 0 Å². The van der Waals surface area contributed by atoms with Gasteiger partial charge in [-0.1, -0.05) is 13.3 Å². The van der Waals surface area contributed by atoms with Gasteiger partial charge in [0.2, 0.25) is 0 Å². The fourth-order valence-corrected chi connectivity index (χ4v) is 0.845. The average molecular weight is 190 g/mol. The number of hydrogen-bond acceptors (Lipinski definition) is 6. The summed E-state index contributed by atoms with van der Waals surface area (Å²) in [6, 6.07) is 0. The number of rotatable bonds is 5. The molecule has 0 aromatic rings. The first-order chi connectivity index (χ1) is 5.70. The van der Waals surface area contributed by atoms with Gasteiger partial charge in [0.15, 0.2) is 5.79 Å². The molecule has 0 saturated carbocycles. The molecule has 0 rings (SSSR count). The lowest BCUT2D eigenvalue weighted by Crippen LogP contribution is -2.82. The molecule has 6 heteroatoms. The lowest BCUT2D eigenvalue weighted by molar-refractivity contribution is 0.175. The lowest BCUT2D eigenvalue weighted by Gasteiger charge is -2.39.